The maximum Gasteiger partial charge on any atom is 0.142 e. The van der Waals surface area contributed by atoms with Gasteiger partial charge in [0.1, 0.15) is 5.82 Å². The van der Waals surface area contributed by atoms with Crippen molar-refractivity contribution in [3.8, 4) is 0 Å². The molecule has 2 aliphatic heterocycles. The van der Waals surface area contributed by atoms with E-state index in [0.29, 0.717) is 13.2 Å². The lowest BCUT2D eigenvalue weighted by molar-refractivity contribution is -0.103. The van der Waals surface area contributed by atoms with Crippen LogP contribution >= 0.6 is 11.6 Å². The van der Waals surface area contributed by atoms with Crippen LogP contribution in [0.1, 0.15) is 30.9 Å². The standard InChI is InChI=1S/C15H20ClFN2O2/c16-12-2-1-10(7-13(12)17)14(19-18)11-3-5-21-15(8-11)4-6-20-9-15/h1-2,7,11,14,19H,3-6,8-9,18H2. The summed E-state index contributed by atoms with van der Waals surface area (Å²) in [6.07, 6.45) is 2.67. The Morgan fingerprint density at radius 3 is 2.95 bits per heavy atom. The largest absolute Gasteiger partial charge is 0.378 e. The van der Waals surface area contributed by atoms with Crippen molar-refractivity contribution in [3.63, 3.8) is 0 Å². The van der Waals surface area contributed by atoms with E-state index in [0.717, 1.165) is 31.4 Å². The van der Waals surface area contributed by atoms with Gasteiger partial charge in [-0.05, 0) is 36.5 Å². The van der Waals surface area contributed by atoms with E-state index in [1.165, 1.54) is 6.07 Å². The zero-order chi connectivity index (χ0) is 14.9. The number of hydrogen-bond acceptors (Lipinski definition) is 4. The lowest BCUT2D eigenvalue weighted by Gasteiger charge is -2.40. The fourth-order valence-corrected chi connectivity index (χ4v) is 3.54. The van der Waals surface area contributed by atoms with Crippen molar-refractivity contribution in [3.05, 3.63) is 34.6 Å². The Morgan fingerprint density at radius 1 is 1.43 bits per heavy atom. The first-order chi connectivity index (χ1) is 10.1. The summed E-state index contributed by atoms with van der Waals surface area (Å²) in [4.78, 5) is 0. The Bertz CT molecular complexity index is 508. The molecule has 4 nitrogen and oxygen atoms in total. The summed E-state index contributed by atoms with van der Waals surface area (Å²) in [5.41, 5.74) is 3.46. The first-order valence-electron chi connectivity index (χ1n) is 7.26. The highest BCUT2D eigenvalue weighted by Gasteiger charge is 2.43. The number of nitrogens with two attached hydrogens (primary N) is 1. The van der Waals surface area contributed by atoms with Gasteiger partial charge in [-0.2, -0.15) is 0 Å². The summed E-state index contributed by atoms with van der Waals surface area (Å²) < 4.78 is 25.1. The van der Waals surface area contributed by atoms with Crippen LogP contribution < -0.4 is 11.3 Å². The minimum Gasteiger partial charge on any atom is -0.378 e. The molecule has 0 aliphatic carbocycles. The summed E-state index contributed by atoms with van der Waals surface area (Å²) in [6.45, 7) is 2.06. The topological polar surface area (TPSA) is 56.5 Å². The smallest absolute Gasteiger partial charge is 0.142 e. The molecule has 0 amide bonds. The van der Waals surface area contributed by atoms with Crippen LogP contribution in [0.3, 0.4) is 0 Å². The quantitative estimate of drug-likeness (QED) is 0.665. The molecule has 3 rings (SSSR count). The van der Waals surface area contributed by atoms with E-state index in [1.807, 2.05) is 6.07 Å². The summed E-state index contributed by atoms with van der Waals surface area (Å²) in [5.74, 6) is 5.60. The van der Waals surface area contributed by atoms with E-state index in [2.05, 4.69) is 5.43 Å². The summed E-state index contributed by atoms with van der Waals surface area (Å²) in [6, 6.07) is 4.74. The zero-order valence-corrected chi connectivity index (χ0v) is 12.5. The van der Waals surface area contributed by atoms with Crippen molar-refractivity contribution in [1.29, 1.82) is 0 Å². The number of rotatable bonds is 3. The molecule has 2 heterocycles. The summed E-state index contributed by atoms with van der Waals surface area (Å²) in [7, 11) is 0. The van der Waals surface area contributed by atoms with Crippen LogP contribution in [0.4, 0.5) is 4.39 Å². The van der Waals surface area contributed by atoms with Crippen LogP contribution in [0.15, 0.2) is 18.2 Å². The highest BCUT2D eigenvalue weighted by Crippen LogP contribution is 2.41. The van der Waals surface area contributed by atoms with Gasteiger partial charge in [0.2, 0.25) is 0 Å². The fraction of sp³-hybridized carbons (Fsp3) is 0.600. The molecule has 1 aromatic carbocycles. The second-order valence-corrected chi connectivity index (χ2v) is 6.31. The highest BCUT2D eigenvalue weighted by molar-refractivity contribution is 6.30. The molecular formula is C15H20ClFN2O2. The van der Waals surface area contributed by atoms with Crippen molar-refractivity contribution < 1.29 is 13.9 Å². The number of benzene rings is 1. The van der Waals surface area contributed by atoms with E-state index >= 15 is 0 Å². The van der Waals surface area contributed by atoms with Crippen molar-refractivity contribution >= 4 is 11.6 Å². The summed E-state index contributed by atoms with van der Waals surface area (Å²) in [5, 5.41) is 0.127. The van der Waals surface area contributed by atoms with E-state index < -0.39 is 5.82 Å². The van der Waals surface area contributed by atoms with Crippen molar-refractivity contribution in [1.82, 2.24) is 5.43 Å². The van der Waals surface area contributed by atoms with Crippen molar-refractivity contribution in [2.24, 2.45) is 11.8 Å². The van der Waals surface area contributed by atoms with Crippen LogP contribution in [-0.4, -0.2) is 25.4 Å². The lowest BCUT2D eigenvalue weighted by atomic mass is 9.79. The molecule has 2 aliphatic rings. The molecule has 2 fully saturated rings. The van der Waals surface area contributed by atoms with Gasteiger partial charge >= 0.3 is 0 Å². The molecule has 116 valence electrons. The zero-order valence-electron chi connectivity index (χ0n) is 11.8. The predicted molar refractivity (Wildman–Crippen MR) is 78.3 cm³/mol. The number of hydrazine groups is 1. The van der Waals surface area contributed by atoms with Gasteiger partial charge in [-0.3, -0.25) is 11.3 Å². The van der Waals surface area contributed by atoms with E-state index in [1.54, 1.807) is 6.07 Å². The number of nitrogens with one attached hydrogen (secondary N) is 1. The van der Waals surface area contributed by atoms with E-state index in [4.69, 9.17) is 26.9 Å². The van der Waals surface area contributed by atoms with Gasteiger partial charge in [0.15, 0.2) is 0 Å². The van der Waals surface area contributed by atoms with Gasteiger partial charge in [0.25, 0.3) is 0 Å². The third-order valence-electron chi connectivity index (χ3n) is 4.55. The average Bonchev–Trinajstić information content (AvgIpc) is 2.91. The van der Waals surface area contributed by atoms with Crippen LogP contribution in [0.5, 0.6) is 0 Å². The number of halogens is 2. The van der Waals surface area contributed by atoms with Crippen molar-refractivity contribution in [2.45, 2.75) is 30.9 Å². The SMILES string of the molecule is NNC(c1ccc(Cl)c(F)c1)C1CCOC2(CCOC2)C1. The summed E-state index contributed by atoms with van der Waals surface area (Å²) >= 11 is 5.75. The van der Waals surface area contributed by atoms with Gasteiger partial charge < -0.3 is 9.47 Å². The van der Waals surface area contributed by atoms with Gasteiger partial charge in [-0.25, -0.2) is 4.39 Å². The second kappa shape index (κ2) is 6.18. The normalized spacial score (nSPS) is 30.7. The molecule has 3 N–H and O–H groups in total. The van der Waals surface area contributed by atoms with Gasteiger partial charge in [-0.15, -0.1) is 0 Å². The van der Waals surface area contributed by atoms with E-state index in [-0.39, 0.29) is 22.6 Å². The minimum atomic E-state index is -0.416. The lowest BCUT2D eigenvalue weighted by Crippen LogP contribution is -2.45. The maximum absolute atomic E-state index is 13.7. The number of hydrogen-bond donors (Lipinski definition) is 2. The second-order valence-electron chi connectivity index (χ2n) is 5.90. The molecule has 3 atom stereocenters. The molecule has 0 aromatic heterocycles. The third kappa shape index (κ3) is 3.07. The molecule has 1 aromatic rings. The van der Waals surface area contributed by atoms with Crippen LogP contribution in [0.2, 0.25) is 5.02 Å². The van der Waals surface area contributed by atoms with Gasteiger partial charge in [0, 0.05) is 25.7 Å². The molecule has 6 heteroatoms. The molecule has 0 radical (unpaired) electrons. The Morgan fingerprint density at radius 2 is 2.29 bits per heavy atom. The third-order valence-corrected chi connectivity index (χ3v) is 4.86. The Kier molecular flexibility index (Phi) is 4.47. The number of ether oxygens (including phenoxy) is 2. The molecule has 3 unspecified atom stereocenters. The molecule has 0 saturated carbocycles. The molecule has 21 heavy (non-hydrogen) atoms. The average molecular weight is 315 g/mol. The molecule has 2 saturated heterocycles. The fourth-order valence-electron chi connectivity index (χ4n) is 3.42. The predicted octanol–water partition coefficient (Wildman–Crippen LogP) is 2.57. The monoisotopic (exact) mass is 314 g/mol. The van der Waals surface area contributed by atoms with E-state index in [9.17, 15) is 4.39 Å². The molecular weight excluding hydrogens is 295 g/mol. The van der Waals surface area contributed by atoms with Crippen LogP contribution in [0.25, 0.3) is 0 Å². The molecule has 1 spiro atoms. The first-order valence-corrected chi connectivity index (χ1v) is 7.64. The molecule has 0 bridgehead atoms. The van der Waals surface area contributed by atoms with Crippen LogP contribution in [0, 0.1) is 11.7 Å². The van der Waals surface area contributed by atoms with Gasteiger partial charge in [-0.1, -0.05) is 17.7 Å². The first kappa shape index (κ1) is 15.2. The Hall–Kier alpha value is -0.720. The van der Waals surface area contributed by atoms with Crippen molar-refractivity contribution in [2.75, 3.05) is 19.8 Å². The Labute approximate surface area is 128 Å². The maximum atomic E-state index is 13.7. The highest BCUT2D eigenvalue weighted by atomic mass is 35.5. The van der Waals surface area contributed by atoms with Gasteiger partial charge in [0.05, 0.1) is 17.2 Å². The Balaban J connectivity index is 1.80. The minimum absolute atomic E-state index is 0.113. The van der Waals surface area contributed by atoms with Crippen LogP contribution in [-0.2, 0) is 9.47 Å².